The standard InChI is InChI=1S/C13H10BrCl3N2/c14-10-6-7(15)4-5-8(10)13(19-18)9-2-1-3-11(16)12(9)17/h1-6,13,19H,18H2. The number of hydrogen-bond donors (Lipinski definition) is 2. The molecule has 0 spiro atoms. The Labute approximate surface area is 134 Å². The van der Waals surface area contributed by atoms with E-state index in [2.05, 4.69) is 21.4 Å². The van der Waals surface area contributed by atoms with Crippen molar-refractivity contribution in [3.8, 4) is 0 Å². The molecule has 0 heterocycles. The van der Waals surface area contributed by atoms with Gasteiger partial charge in [-0.1, -0.05) is 68.9 Å². The third-order valence-electron chi connectivity index (χ3n) is 2.73. The topological polar surface area (TPSA) is 38.0 Å². The first-order valence-corrected chi connectivity index (χ1v) is 7.32. The molecule has 0 aliphatic rings. The predicted molar refractivity (Wildman–Crippen MR) is 84.8 cm³/mol. The van der Waals surface area contributed by atoms with Gasteiger partial charge in [-0.2, -0.15) is 0 Å². The fourth-order valence-electron chi connectivity index (χ4n) is 1.83. The van der Waals surface area contributed by atoms with Crippen LogP contribution in [0.2, 0.25) is 15.1 Å². The molecule has 0 aliphatic carbocycles. The van der Waals surface area contributed by atoms with Gasteiger partial charge in [0.25, 0.3) is 0 Å². The van der Waals surface area contributed by atoms with E-state index in [9.17, 15) is 0 Å². The lowest BCUT2D eigenvalue weighted by atomic mass is 9.99. The molecular weight excluding hydrogens is 370 g/mol. The van der Waals surface area contributed by atoms with Gasteiger partial charge in [-0.05, 0) is 29.3 Å². The third-order valence-corrected chi connectivity index (χ3v) is 4.49. The van der Waals surface area contributed by atoms with Crippen molar-refractivity contribution >= 4 is 50.7 Å². The zero-order valence-corrected chi connectivity index (χ0v) is 13.5. The van der Waals surface area contributed by atoms with Crippen LogP contribution in [0.15, 0.2) is 40.9 Å². The SMILES string of the molecule is NNC(c1ccc(Cl)cc1Br)c1cccc(Cl)c1Cl. The highest BCUT2D eigenvalue weighted by molar-refractivity contribution is 9.10. The van der Waals surface area contributed by atoms with Gasteiger partial charge in [0.05, 0.1) is 16.1 Å². The molecule has 6 heteroatoms. The van der Waals surface area contributed by atoms with E-state index in [4.69, 9.17) is 40.6 Å². The maximum Gasteiger partial charge on any atom is 0.0735 e. The van der Waals surface area contributed by atoms with Gasteiger partial charge < -0.3 is 0 Å². The first-order valence-electron chi connectivity index (χ1n) is 5.39. The molecule has 2 rings (SSSR count). The van der Waals surface area contributed by atoms with Gasteiger partial charge in [0.1, 0.15) is 0 Å². The highest BCUT2D eigenvalue weighted by Crippen LogP contribution is 2.36. The Hall–Kier alpha value is -0.290. The van der Waals surface area contributed by atoms with Crippen LogP contribution in [0, 0.1) is 0 Å². The highest BCUT2D eigenvalue weighted by atomic mass is 79.9. The van der Waals surface area contributed by atoms with E-state index in [0.29, 0.717) is 15.1 Å². The average Bonchev–Trinajstić information content (AvgIpc) is 2.37. The van der Waals surface area contributed by atoms with Crippen molar-refractivity contribution in [1.82, 2.24) is 5.43 Å². The lowest BCUT2D eigenvalue weighted by molar-refractivity contribution is 0.635. The first-order chi connectivity index (χ1) is 9.04. The number of nitrogens with one attached hydrogen (secondary N) is 1. The normalized spacial score (nSPS) is 12.5. The van der Waals surface area contributed by atoms with E-state index < -0.39 is 0 Å². The first kappa shape index (κ1) is 15.1. The molecule has 3 N–H and O–H groups in total. The van der Waals surface area contributed by atoms with Crippen molar-refractivity contribution in [3.63, 3.8) is 0 Å². The Morgan fingerprint density at radius 2 is 1.79 bits per heavy atom. The molecule has 0 saturated heterocycles. The fraction of sp³-hybridized carbons (Fsp3) is 0.0769. The minimum atomic E-state index is -0.280. The molecule has 2 aromatic rings. The van der Waals surface area contributed by atoms with Crippen molar-refractivity contribution < 1.29 is 0 Å². The molecule has 0 aliphatic heterocycles. The summed E-state index contributed by atoms with van der Waals surface area (Å²) in [6, 6.07) is 10.6. The Kier molecular flexibility index (Phi) is 5.12. The van der Waals surface area contributed by atoms with Crippen LogP contribution >= 0.6 is 50.7 Å². The molecule has 0 bridgehead atoms. The van der Waals surface area contributed by atoms with Crippen LogP contribution in [0.1, 0.15) is 17.2 Å². The van der Waals surface area contributed by atoms with Crippen molar-refractivity contribution in [2.45, 2.75) is 6.04 Å². The summed E-state index contributed by atoms with van der Waals surface area (Å²) >= 11 is 21.7. The van der Waals surface area contributed by atoms with Gasteiger partial charge in [-0.25, -0.2) is 5.43 Å². The van der Waals surface area contributed by atoms with E-state index in [0.717, 1.165) is 15.6 Å². The smallest absolute Gasteiger partial charge is 0.0735 e. The summed E-state index contributed by atoms with van der Waals surface area (Å²) < 4.78 is 0.846. The Balaban J connectivity index is 2.53. The van der Waals surface area contributed by atoms with Gasteiger partial charge in [0.15, 0.2) is 0 Å². The Morgan fingerprint density at radius 1 is 1.05 bits per heavy atom. The maximum absolute atomic E-state index is 6.23. The number of benzene rings is 2. The minimum absolute atomic E-state index is 0.280. The van der Waals surface area contributed by atoms with E-state index in [1.807, 2.05) is 18.2 Å². The van der Waals surface area contributed by atoms with Crippen LogP contribution in [-0.4, -0.2) is 0 Å². The van der Waals surface area contributed by atoms with Crippen LogP contribution < -0.4 is 11.3 Å². The molecule has 1 unspecified atom stereocenters. The molecule has 0 radical (unpaired) electrons. The lowest BCUT2D eigenvalue weighted by Crippen LogP contribution is -2.29. The summed E-state index contributed by atoms with van der Waals surface area (Å²) in [4.78, 5) is 0. The number of nitrogens with two attached hydrogens (primary N) is 1. The van der Waals surface area contributed by atoms with Gasteiger partial charge in [-0.3, -0.25) is 5.84 Å². The van der Waals surface area contributed by atoms with E-state index >= 15 is 0 Å². The fourth-order valence-corrected chi connectivity index (χ4v) is 3.15. The summed E-state index contributed by atoms with van der Waals surface area (Å²) in [7, 11) is 0. The van der Waals surface area contributed by atoms with Gasteiger partial charge in [0, 0.05) is 9.50 Å². The monoisotopic (exact) mass is 378 g/mol. The summed E-state index contributed by atoms with van der Waals surface area (Å²) in [5, 5.41) is 1.61. The third kappa shape index (κ3) is 3.24. The maximum atomic E-state index is 6.23. The number of hydrogen-bond acceptors (Lipinski definition) is 2. The lowest BCUT2D eigenvalue weighted by Gasteiger charge is -2.20. The van der Waals surface area contributed by atoms with Crippen LogP contribution in [0.5, 0.6) is 0 Å². The number of hydrazine groups is 1. The van der Waals surface area contributed by atoms with Crippen LogP contribution in [-0.2, 0) is 0 Å². The van der Waals surface area contributed by atoms with E-state index in [-0.39, 0.29) is 6.04 Å². The van der Waals surface area contributed by atoms with E-state index in [1.165, 1.54) is 0 Å². The zero-order valence-electron chi connectivity index (χ0n) is 9.63. The second-order valence-electron chi connectivity index (χ2n) is 3.91. The molecule has 0 aromatic heterocycles. The number of rotatable bonds is 3. The molecule has 2 nitrogen and oxygen atoms in total. The molecule has 2 aromatic carbocycles. The second kappa shape index (κ2) is 6.44. The summed E-state index contributed by atoms with van der Waals surface area (Å²) in [6.07, 6.45) is 0. The molecular formula is C13H10BrCl3N2. The molecule has 0 fully saturated rings. The van der Waals surface area contributed by atoms with E-state index in [1.54, 1.807) is 18.2 Å². The molecule has 19 heavy (non-hydrogen) atoms. The van der Waals surface area contributed by atoms with Crippen LogP contribution in [0.3, 0.4) is 0 Å². The van der Waals surface area contributed by atoms with Crippen molar-refractivity contribution in [2.24, 2.45) is 5.84 Å². The number of halogens is 4. The van der Waals surface area contributed by atoms with Crippen LogP contribution in [0.4, 0.5) is 0 Å². The Morgan fingerprint density at radius 3 is 2.42 bits per heavy atom. The summed E-state index contributed by atoms with van der Waals surface area (Å²) in [5.74, 6) is 5.66. The van der Waals surface area contributed by atoms with Gasteiger partial charge in [-0.15, -0.1) is 0 Å². The van der Waals surface area contributed by atoms with Crippen molar-refractivity contribution in [1.29, 1.82) is 0 Å². The highest BCUT2D eigenvalue weighted by Gasteiger charge is 2.19. The molecule has 1 atom stereocenters. The zero-order chi connectivity index (χ0) is 14.0. The summed E-state index contributed by atoms with van der Waals surface area (Å²) in [6.45, 7) is 0. The quantitative estimate of drug-likeness (QED) is 0.583. The van der Waals surface area contributed by atoms with Crippen molar-refractivity contribution in [3.05, 3.63) is 67.1 Å². The van der Waals surface area contributed by atoms with Gasteiger partial charge >= 0.3 is 0 Å². The average molecular weight is 381 g/mol. The minimum Gasteiger partial charge on any atom is -0.271 e. The van der Waals surface area contributed by atoms with Crippen molar-refractivity contribution in [2.75, 3.05) is 0 Å². The summed E-state index contributed by atoms with van der Waals surface area (Å²) in [5.41, 5.74) is 4.48. The van der Waals surface area contributed by atoms with Gasteiger partial charge in [0.2, 0.25) is 0 Å². The molecule has 100 valence electrons. The predicted octanol–water partition coefficient (Wildman–Crippen LogP) is 4.96. The second-order valence-corrected chi connectivity index (χ2v) is 5.98. The molecule has 0 saturated carbocycles. The van der Waals surface area contributed by atoms with Crippen LogP contribution in [0.25, 0.3) is 0 Å². The Bertz CT molecular complexity index is 604. The largest absolute Gasteiger partial charge is 0.271 e. The molecule has 0 amide bonds.